The molecule has 0 amide bonds. The van der Waals surface area contributed by atoms with Crippen LogP contribution in [-0.4, -0.2) is 18.2 Å². The second kappa shape index (κ2) is 6.29. The second-order valence-electron chi connectivity index (χ2n) is 3.73. The minimum Gasteiger partial charge on any atom is -0.496 e. The highest BCUT2D eigenvalue weighted by atomic mass is 127. The van der Waals surface area contributed by atoms with Gasteiger partial charge in [-0.05, 0) is 65.1 Å². The average molecular weight is 386 g/mol. The number of hydrogen-bond donors (Lipinski definition) is 1. The molecule has 0 aliphatic carbocycles. The molecule has 19 heavy (non-hydrogen) atoms. The molecule has 3 nitrogen and oxygen atoms in total. The van der Waals surface area contributed by atoms with Crippen LogP contribution in [0.5, 0.6) is 5.75 Å². The Bertz CT molecular complexity index is 596. The minimum absolute atomic E-state index is 0.300. The summed E-state index contributed by atoms with van der Waals surface area (Å²) in [4.78, 5) is 12.9. The van der Waals surface area contributed by atoms with Gasteiger partial charge in [-0.15, -0.1) is 0 Å². The highest BCUT2D eigenvalue weighted by molar-refractivity contribution is 14.1. The molecule has 0 fully saturated rings. The van der Waals surface area contributed by atoms with Gasteiger partial charge in [-0.25, -0.2) is 4.79 Å². The van der Waals surface area contributed by atoms with Crippen LogP contribution in [0.4, 0.5) is 0 Å². The van der Waals surface area contributed by atoms with E-state index in [1.807, 2.05) is 30.3 Å². The first kappa shape index (κ1) is 14.2. The summed E-state index contributed by atoms with van der Waals surface area (Å²) in [7, 11) is 1.65. The van der Waals surface area contributed by atoms with E-state index in [1.165, 1.54) is 0 Å². The molecule has 0 saturated carbocycles. The first-order valence-corrected chi connectivity index (χ1v) is 7.34. The number of methoxy groups -OCH3 is 1. The SMILES string of the molecule is COc1ccc(Sc2ccc(C(=O)O)cc2)cc1I. The van der Waals surface area contributed by atoms with Gasteiger partial charge in [-0.1, -0.05) is 11.8 Å². The van der Waals surface area contributed by atoms with Crippen LogP contribution in [0.25, 0.3) is 0 Å². The molecule has 2 aromatic carbocycles. The lowest BCUT2D eigenvalue weighted by atomic mass is 10.2. The van der Waals surface area contributed by atoms with Gasteiger partial charge in [0.25, 0.3) is 0 Å². The predicted octanol–water partition coefficient (Wildman–Crippen LogP) is 4.15. The maximum Gasteiger partial charge on any atom is 0.335 e. The molecular weight excluding hydrogens is 375 g/mol. The van der Waals surface area contributed by atoms with Crippen molar-refractivity contribution in [1.29, 1.82) is 0 Å². The van der Waals surface area contributed by atoms with Crippen LogP contribution in [0, 0.1) is 3.57 Å². The zero-order chi connectivity index (χ0) is 13.8. The Morgan fingerprint density at radius 3 is 2.32 bits per heavy atom. The van der Waals surface area contributed by atoms with Crippen molar-refractivity contribution in [2.24, 2.45) is 0 Å². The number of carbonyl (C=O) groups is 1. The lowest BCUT2D eigenvalue weighted by molar-refractivity contribution is 0.0697. The zero-order valence-electron chi connectivity index (χ0n) is 10.1. The average Bonchev–Trinajstić information content (AvgIpc) is 2.39. The van der Waals surface area contributed by atoms with Crippen molar-refractivity contribution < 1.29 is 14.6 Å². The Morgan fingerprint density at radius 2 is 1.79 bits per heavy atom. The lowest BCUT2D eigenvalue weighted by Crippen LogP contribution is -1.94. The molecule has 0 spiro atoms. The molecule has 0 bridgehead atoms. The molecule has 0 atom stereocenters. The monoisotopic (exact) mass is 386 g/mol. The van der Waals surface area contributed by atoms with E-state index in [9.17, 15) is 4.79 Å². The van der Waals surface area contributed by atoms with E-state index >= 15 is 0 Å². The van der Waals surface area contributed by atoms with Crippen LogP contribution in [-0.2, 0) is 0 Å². The number of hydrogen-bond acceptors (Lipinski definition) is 3. The molecule has 0 radical (unpaired) electrons. The maximum absolute atomic E-state index is 10.8. The summed E-state index contributed by atoms with van der Waals surface area (Å²) < 4.78 is 6.26. The summed E-state index contributed by atoms with van der Waals surface area (Å²) in [6.45, 7) is 0. The molecule has 0 heterocycles. The van der Waals surface area contributed by atoms with E-state index in [0.717, 1.165) is 19.1 Å². The molecule has 1 N–H and O–H groups in total. The molecule has 2 rings (SSSR count). The second-order valence-corrected chi connectivity index (χ2v) is 6.04. The van der Waals surface area contributed by atoms with Crippen molar-refractivity contribution in [1.82, 2.24) is 0 Å². The summed E-state index contributed by atoms with van der Waals surface area (Å²) in [5, 5.41) is 8.84. The number of carboxylic acid groups (broad SMARTS) is 1. The summed E-state index contributed by atoms with van der Waals surface area (Å²) >= 11 is 3.81. The van der Waals surface area contributed by atoms with Gasteiger partial charge in [-0.3, -0.25) is 0 Å². The summed E-state index contributed by atoms with van der Waals surface area (Å²) in [6, 6.07) is 12.8. The van der Waals surface area contributed by atoms with Crippen molar-refractivity contribution in [3.8, 4) is 5.75 Å². The normalized spacial score (nSPS) is 10.2. The number of benzene rings is 2. The largest absolute Gasteiger partial charge is 0.496 e. The predicted molar refractivity (Wildman–Crippen MR) is 83.2 cm³/mol. The first-order chi connectivity index (χ1) is 9.10. The van der Waals surface area contributed by atoms with Crippen molar-refractivity contribution in [2.45, 2.75) is 9.79 Å². The van der Waals surface area contributed by atoms with Crippen LogP contribution in [0.15, 0.2) is 52.3 Å². The Labute approximate surface area is 129 Å². The fraction of sp³-hybridized carbons (Fsp3) is 0.0714. The molecule has 0 unspecified atom stereocenters. The standard InChI is InChI=1S/C14H11IO3S/c1-18-13-7-6-11(8-12(13)15)19-10-4-2-9(3-5-10)14(16)17/h2-8H,1H3,(H,16,17). The van der Waals surface area contributed by atoms with Gasteiger partial charge >= 0.3 is 5.97 Å². The van der Waals surface area contributed by atoms with Crippen LogP contribution < -0.4 is 4.74 Å². The van der Waals surface area contributed by atoms with Crippen molar-refractivity contribution >= 4 is 40.3 Å². The van der Waals surface area contributed by atoms with Crippen LogP contribution in [0.3, 0.4) is 0 Å². The molecule has 0 aromatic heterocycles. The van der Waals surface area contributed by atoms with Gasteiger partial charge < -0.3 is 9.84 Å². The van der Waals surface area contributed by atoms with Gasteiger partial charge in [0.1, 0.15) is 5.75 Å². The lowest BCUT2D eigenvalue weighted by Gasteiger charge is -2.06. The van der Waals surface area contributed by atoms with E-state index < -0.39 is 5.97 Å². The van der Waals surface area contributed by atoms with Crippen LogP contribution >= 0.6 is 34.4 Å². The number of ether oxygens (including phenoxy) is 1. The van der Waals surface area contributed by atoms with Gasteiger partial charge in [0, 0.05) is 9.79 Å². The zero-order valence-corrected chi connectivity index (χ0v) is 13.1. The number of halogens is 1. The minimum atomic E-state index is -0.907. The Kier molecular flexibility index (Phi) is 4.71. The van der Waals surface area contributed by atoms with Gasteiger partial charge in [0.15, 0.2) is 0 Å². The van der Waals surface area contributed by atoms with E-state index in [2.05, 4.69) is 22.6 Å². The van der Waals surface area contributed by atoms with E-state index in [0.29, 0.717) is 5.56 Å². The maximum atomic E-state index is 10.8. The van der Waals surface area contributed by atoms with Crippen molar-refractivity contribution in [3.05, 3.63) is 51.6 Å². The fourth-order valence-corrected chi connectivity index (χ4v) is 3.32. The molecule has 0 aliphatic rings. The van der Waals surface area contributed by atoms with E-state index in [1.54, 1.807) is 31.0 Å². The summed E-state index contributed by atoms with van der Waals surface area (Å²) in [5.41, 5.74) is 0.300. The molecule has 98 valence electrons. The third kappa shape index (κ3) is 3.63. The fourth-order valence-electron chi connectivity index (χ4n) is 1.51. The quantitative estimate of drug-likeness (QED) is 0.803. The molecule has 5 heteroatoms. The van der Waals surface area contributed by atoms with Gasteiger partial charge in [0.05, 0.1) is 16.2 Å². The Hall–Kier alpha value is -1.21. The van der Waals surface area contributed by atoms with E-state index in [4.69, 9.17) is 9.84 Å². The van der Waals surface area contributed by atoms with Gasteiger partial charge in [-0.2, -0.15) is 0 Å². The summed E-state index contributed by atoms with van der Waals surface area (Å²) in [6.07, 6.45) is 0. The summed E-state index contributed by atoms with van der Waals surface area (Å²) in [5.74, 6) is -0.0540. The highest BCUT2D eigenvalue weighted by Gasteiger charge is 2.05. The molecular formula is C14H11IO3S. The first-order valence-electron chi connectivity index (χ1n) is 5.45. The topological polar surface area (TPSA) is 46.5 Å². The molecule has 0 saturated heterocycles. The van der Waals surface area contributed by atoms with Crippen molar-refractivity contribution in [3.63, 3.8) is 0 Å². The molecule has 2 aromatic rings. The number of aromatic carboxylic acids is 1. The number of carboxylic acids is 1. The Balaban J connectivity index is 2.16. The van der Waals surface area contributed by atoms with E-state index in [-0.39, 0.29) is 0 Å². The Morgan fingerprint density at radius 1 is 1.16 bits per heavy atom. The van der Waals surface area contributed by atoms with Crippen molar-refractivity contribution in [2.75, 3.05) is 7.11 Å². The van der Waals surface area contributed by atoms with Crippen LogP contribution in [0.1, 0.15) is 10.4 Å². The van der Waals surface area contributed by atoms with Crippen LogP contribution in [0.2, 0.25) is 0 Å². The smallest absolute Gasteiger partial charge is 0.335 e. The third-order valence-corrected chi connectivity index (χ3v) is 4.30. The molecule has 0 aliphatic heterocycles. The number of rotatable bonds is 4. The van der Waals surface area contributed by atoms with Gasteiger partial charge in [0.2, 0.25) is 0 Å². The third-order valence-electron chi connectivity index (χ3n) is 2.46. The highest BCUT2D eigenvalue weighted by Crippen LogP contribution is 2.32.